The van der Waals surface area contributed by atoms with Crippen LogP contribution in [0.25, 0.3) is 0 Å². The van der Waals surface area contributed by atoms with Crippen LogP contribution in [0, 0.1) is 29.6 Å². The molecule has 0 aromatic rings. The molecule has 0 saturated heterocycles. The van der Waals surface area contributed by atoms with Crippen molar-refractivity contribution >= 4 is 17.7 Å². The van der Waals surface area contributed by atoms with E-state index in [4.69, 9.17) is 9.84 Å². The first-order valence-electron chi connectivity index (χ1n) is 14.0. The SMILES string of the molecule is CCC(=C/[C@H](C)C/C=C/C(C)=C/[C@@H](C)C(=O)[C@@H](C)C(O)[C@@H](C)C/C(C)=C/C(=O)O)/C=C/[C@@H]1OC(=O)C=C[C@@H]1C. The van der Waals surface area contributed by atoms with E-state index in [0.29, 0.717) is 17.9 Å². The maximum absolute atomic E-state index is 13.0. The molecule has 0 saturated carbocycles. The number of aliphatic carboxylic acids is 1. The zero-order chi connectivity index (χ0) is 29.7. The van der Waals surface area contributed by atoms with Gasteiger partial charge in [-0.15, -0.1) is 0 Å². The largest absolute Gasteiger partial charge is 0.478 e. The van der Waals surface area contributed by atoms with Gasteiger partial charge in [0.1, 0.15) is 11.9 Å². The second kappa shape index (κ2) is 16.9. The highest BCUT2D eigenvalue weighted by molar-refractivity contribution is 5.85. The Kier molecular flexibility index (Phi) is 14.7. The Bertz CT molecular complexity index is 1020. The molecule has 0 aromatic carbocycles. The Labute approximate surface area is 234 Å². The first kappa shape index (κ1) is 34.0. The number of rotatable bonds is 15. The van der Waals surface area contributed by atoms with Crippen LogP contribution < -0.4 is 0 Å². The smallest absolute Gasteiger partial charge is 0.331 e. The van der Waals surface area contributed by atoms with Crippen molar-refractivity contribution in [2.45, 2.75) is 86.9 Å². The third-order valence-electron chi connectivity index (χ3n) is 7.12. The minimum atomic E-state index is -1.01. The van der Waals surface area contributed by atoms with E-state index in [1.807, 2.05) is 58.1 Å². The van der Waals surface area contributed by atoms with Gasteiger partial charge in [0.15, 0.2) is 0 Å². The van der Waals surface area contributed by atoms with E-state index >= 15 is 0 Å². The summed E-state index contributed by atoms with van der Waals surface area (Å²) in [5, 5.41) is 19.6. The predicted molar refractivity (Wildman–Crippen MR) is 157 cm³/mol. The molecule has 0 spiro atoms. The van der Waals surface area contributed by atoms with Gasteiger partial charge >= 0.3 is 11.9 Å². The summed E-state index contributed by atoms with van der Waals surface area (Å²) in [5.41, 5.74) is 2.84. The van der Waals surface area contributed by atoms with E-state index in [2.05, 4.69) is 26.0 Å². The van der Waals surface area contributed by atoms with E-state index in [1.54, 1.807) is 13.8 Å². The Balaban J connectivity index is 2.69. The summed E-state index contributed by atoms with van der Waals surface area (Å²) in [5.74, 6) is -2.01. The third-order valence-corrected chi connectivity index (χ3v) is 7.12. The molecule has 0 fully saturated rings. The summed E-state index contributed by atoms with van der Waals surface area (Å²) < 4.78 is 5.39. The number of carbonyl (C=O) groups is 3. The predicted octanol–water partition coefficient (Wildman–Crippen LogP) is 6.78. The molecule has 0 amide bonds. The average molecular weight is 541 g/mol. The van der Waals surface area contributed by atoms with Gasteiger partial charge in [-0.1, -0.05) is 94.7 Å². The number of ether oxygens (including phenoxy) is 1. The summed E-state index contributed by atoms with van der Waals surface area (Å²) in [4.78, 5) is 35.3. The highest BCUT2D eigenvalue weighted by Crippen LogP contribution is 2.24. The van der Waals surface area contributed by atoms with Crippen LogP contribution in [0.4, 0.5) is 0 Å². The summed E-state index contributed by atoms with van der Waals surface area (Å²) >= 11 is 0. The number of carboxylic acids is 1. The number of carbonyl (C=O) groups excluding carboxylic acids is 2. The molecule has 1 rings (SSSR count). The van der Waals surface area contributed by atoms with Crippen LogP contribution in [-0.2, 0) is 19.1 Å². The van der Waals surface area contributed by atoms with Crippen LogP contribution in [0.3, 0.4) is 0 Å². The van der Waals surface area contributed by atoms with Crippen molar-refractivity contribution in [2.75, 3.05) is 0 Å². The van der Waals surface area contributed by atoms with Crippen LogP contribution in [0.1, 0.15) is 74.7 Å². The lowest BCUT2D eigenvalue weighted by Gasteiger charge is -2.25. The molecule has 2 N–H and O–H groups in total. The number of ketones is 1. The minimum Gasteiger partial charge on any atom is -0.478 e. The monoisotopic (exact) mass is 540 g/mol. The van der Waals surface area contributed by atoms with Crippen molar-refractivity contribution in [3.8, 4) is 0 Å². The summed E-state index contributed by atoms with van der Waals surface area (Å²) in [6, 6.07) is 0. The summed E-state index contributed by atoms with van der Waals surface area (Å²) in [7, 11) is 0. The number of aliphatic hydroxyl groups excluding tert-OH is 1. The molecule has 6 nitrogen and oxygen atoms in total. The molecule has 1 heterocycles. The van der Waals surface area contributed by atoms with Gasteiger partial charge in [-0.25, -0.2) is 9.59 Å². The topological polar surface area (TPSA) is 101 Å². The quantitative estimate of drug-likeness (QED) is 0.135. The van der Waals surface area contributed by atoms with Gasteiger partial charge in [0, 0.05) is 29.9 Å². The van der Waals surface area contributed by atoms with Gasteiger partial charge in [-0.3, -0.25) is 4.79 Å². The molecular weight excluding hydrogens is 492 g/mol. The van der Waals surface area contributed by atoms with E-state index in [1.165, 1.54) is 11.6 Å². The lowest BCUT2D eigenvalue weighted by Crippen LogP contribution is -2.34. The van der Waals surface area contributed by atoms with E-state index in [0.717, 1.165) is 24.5 Å². The van der Waals surface area contributed by atoms with Crippen molar-refractivity contribution in [1.82, 2.24) is 0 Å². The normalized spacial score (nSPS) is 23.0. The van der Waals surface area contributed by atoms with Crippen molar-refractivity contribution in [3.05, 3.63) is 71.4 Å². The molecule has 39 heavy (non-hydrogen) atoms. The van der Waals surface area contributed by atoms with Gasteiger partial charge < -0.3 is 14.9 Å². The number of Topliss-reactive ketones (excluding diaryl/α,β-unsaturated/α-hetero) is 1. The van der Waals surface area contributed by atoms with E-state index in [9.17, 15) is 19.5 Å². The number of allylic oxidation sites excluding steroid dienone is 8. The molecular formula is C33H48O6. The third kappa shape index (κ3) is 12.6. The van der Waals surface area contributed by atoms with Crippen LogP contribution in [0.15, 0.2) is 71.4 Å². The number of aliphatic hydroxyl groups is 1. The molecule has 1 aliphatic rings. The van der Waals surface area contributed by atoms with Crippen LogP contribution in [0.2, 0.25) is 0 Å². The van der Waals surface area contributed by atoms with E-state index in [-0.39, 0.29) is 35.6 Å². The van der Waals surface area contributed by atoms with Gasteiger partial charge in [0.2, 0.25) is 0 Å². The molecule has 7 atom stereocenters. The number of hydrogen-bond donors (Lipinski definition) is 2. The fourth-order valence-electron chi connectivity index (χ4n) is 4.75. The van der Waals surface area contributed by atoms with Crippen molar-refractivity contribution < 1.29 is 29.3 Å². The average Bonchev–Trinajstić information content (AvgIpc) is 2.86. The number of hydrogen-bond acceptors (Lipinski definition) is 5. The minimum absolute atomic E-state index is 0.0360. The highest BCUT2D eigenvalue weighted by atomic mass is 16.5. The molecule has 0 bridgehead atoms. The fraction of sp³-hybridized carbons (Fsp3) is 0.545. The molecule has 0 aromatic heterocycles. The maximum Gasteiger partial charge on any atom is 0.331 e. The lowest BCUT2D eigenvalue weighted by atomic mass is 9.83. The van der Waals surface area contributed by atoms with Crippen LogP contribution >= 0.6 is 0 Å². The maximum atomic E-state index is 13.0. The molecule has 6 heteroatoms. The molecule has 0 aliphatic carbocycles. The van der Waals surface area contributed by atoms with Crippen LogP contribution in [-0.4, -0.2) is 40.1 Å². The Hall–Kier alpha value is -2.99. The fourth-order valence-corrected chi connectivity index (χ4v) is 4.75. The first-order valence-corrected chi connectivity index (χ1v) is 14.0. The van der Waals surface area contributed by atoms with Gasteiger partial charge in [-0.05, 0) is 51.0 Å². The molecule has 1 unspecified atom stereocenters. The standard InChI is InChI=1S/C33H48O6/c1-9-28(14-15-29-24(5)13-16-31(36)39-29)19-22(3)12-10-11-21(2)17-25(6)32(37)27(8)33(38)26(7)18-23(4)20-30(34)35/h10-11,13-17,19-20,22,24-27,29,33,38H,9,12,18H2,1-8H3,(H,34,35)/b11-10+,15-14+,21-17+,23-20+,28-19-/t22-,24+,25-,26+,27-,29+,33?/m1/s1. The second-order valence-corrected chi connectivity index (χ2v) is 11.1. The Morgan fingerprint density at radius 2 is 1.77 bits per heavy atom. The van der Waals surface area contributed by atoms with Gasteiger partial charge in [0.25, 0.3) is 0 Å². The summed E-state index contributed by atoms with van der Waals surface area (Å²) in [6.07, 6.45) is 17.8. The molecule has 1 aliphatic heterocycles. The highest BCUT2D eigenvalue weighted by Gasteiger charge is 2.29. The second-order valence-electron chi connectivity index (χ2n) is 11.1. The zero-order valence-corrected chi connectivity index (χ0v) is 24.9. The molecule has 216 valence electrons. The lowest BCUT2D eigenvalue weighted by molar-refractivity contribution is -0.143. The van der Waals surface area contributed by atoms with Crippen molar-refractivity contribution in [3.63, 3.8) is 0 Å². The molecule has 0 radical (unpaired) electrons. The Morgan fingerprint density at radius 1 is 1.10 bits per heavy atom. The number of carboxylic acid groups (broad SMARTS) is 1. The van der Waals surface area contributed by atoms with Crippen molar-refractivity contribution in [1.29, 1.82) is 0 Å². The number of esters is 1. The number of cyclic esters (lactones) is 1. The Morgan fingerprint density at radius 3 is 2.38 bits per heavy atom. The van der Waals surface area contributed by atoms with Gasteiger partial charge in [-0.2, -0.15) is 0 Å². The summed E-state index contributed by atoms with van der Waals surface area (Å²) in [6.45, 7) is 15.4. The zero-order valence-electron chi connectivity index (χ0n) is 24.9. The van der Waals surface area contributed by atoms with E-state index < -0.39 is 18.0 Å². The first-order chi connectivity index (χ1) is 18.2. The van der Waals surface area contributed by atoms with Crippen molar-refractivity contribution in [2.24, 2.45) is 29.6 Å². The van der Waals surface area contributed by atoms with Gasteiger partial charge in [0.05, 0.1) is 6.10 Å². The van der Waals surface area contributed by atoms with Crippen LogP contribution in [0.5, 0.6) is 0 Å².